The molecule has 3 aromatic heterocycles. The predicted octanol–water partition coefficient (Wildman–Crippen LogP) is 5.55. The number of benzene rings is 1. The standard InChI is InChI=1S/C18H17BrN6.2C2HF3O2/c1-2-16-21-10-14(23-16)9-20-13-5-3-11(4-6-13)17-24-15-7-12(19)8-22-18(15)25-17;2*3-2(4,5)1(6)7/h3-8,10,20H,2,9H2,1H3,(H,21,23)(H,22,24,25);2*(H,6,7). The Morgan fingerprint density at radius 1 is 0.949 bits per heavy atom. The molecule has 39 heavy (non-hydrogen) atoms. The minimum Gasteiger partial charge on any atom is -0.475 e. The van der Waals surface area contributed by atoms with Crippen LogP contribution in [0.3, 0.4) is 0 Å². The highest BCUT2D eigenvalue weighted by Gasteiger charge is 2.38. The molecule has 210 valence electrons. The Morgan fingerprint density at radius 2 is 1.51 bits per heavy atom. The van der Waals surface area contributed by atoms with Crippen molar-refractivity contribution in [3.8, 4) is 11.4 Å². The Hall–Kier alpha value is -4.15. The Labute approximate surface area is 223 Å². The Balaban J connectivity index is 0.000000317. The first-order valence-electron chi connectivity index (χ1n) is 10.6. The number of fused-ring (bicyclic) bond motifs is 1. The predicted molar refractivity (Wildman–Crippen MR) is 130 cm³/mol. The molecule has 0 saturated heterocycles. The lowest BCUT2D eigenvalue weighted by atomic mass is 10.2. The van der Waals surface area contributed by atoms with Gasteiger partial charge in [0, 0.05) is 28.3 Å². The monoisotopic (exact) mass is 624 g/mol. The van der Waals surface area contributed by atoms with Crippen molar-refractivity contribution in [1.29, 1.82) is 0 Å². The summed E-state index contributed by atoms with van der Waals surface area (Å²) in [6, 6.07) is 10.1. The van der Waals surface area contributed by atoms with Gasteiger partial charge in [0.2, 0.25) is 0 Å². The van der Waals surface area contributed by atoms with Gasteiger partial charge in [0.05, 0.1) is 18.4 Å². The molecule has 5 N–H and O–H groups in total. The van der Waals surface area contributed by atoms with Crippen LogP contribution in [0.25, 0.3) is 22.6 Å². The third-order valence-corrected chi connectivity index (χ3v) is 4.88. The molecule has 0 spiro atoms. The lowest BCUT2D eigenvalue weighted by molar-refractivity contribution is -0.193. The van der Waals surface area contributed by atoms with Crippen LogP contribution in [-0.2, 0) is 22.6 Å². The summed E-state index contributed by atoms with van der Waals surface area (Å²) in [5.74, 6) is -3.69. The second-order valence-electron chi connectivity index (χ2n) is 7.35. The number of alkyl halides is 6. The van der Waals surface area contributed by atoms with Crippen molar-refractivity contribution in [2.75, 3.05) is 5.32 Å². The molecule has 3 heterocycles. The maximum absolute atomic E-state index is 10.6. The van der Waals surface area contributed by atoms with Gasteiger partial charge in [-0.15, -0.1) is 0 Å². The summed E-state index contributed by atoms with van der Waals surface area (Å²) >= 11 is 3.42. The number of carbonyl (C=O) groups is 2. The van der Waals surface area contributed by atoms with Crippen LogP contribution in [0.1, 0.15) is 18.4 Å². The van der Waals surface area contributed by atoms with E-state index in [2.05, 4.69) is 53.1 Å². The lowest BCUT2D eigenvalue weighted by Crippen LogP contribution is -2.21. The number of pyridine rings is 1. The Bertz CT molecular complexity index is 1380. The third-order valence-electron chi connectivity index (χ3n) is 4.45. The maximum Gasteiger partial charge on any atom is 0.490 e. The fraction of sp³-hybridized carbons (Fsp3) is 0.227. The van der Waals surface area contributed by atoms with Crippen molar-refractivity contribution in [2.45, 2.75) is 32.2 Å². The molecule has 0 aliphatic heterocycles. The highest BCUT2D eigenvalue weighted by molar-refractivity contribution is 9.10. The summed E-state index contributed by atoms with van der Waals surface area (Å²) in [5.41, 5.74) is 4.78. The minimum atomic E-state index is -5.08. The zero-order valence-corrected chi connectivity index (χ0v) is 21.2. The van der Waals surface area contributed by atoms with E-state index in [1.54, 1.807) is 6.20 Å². The summed E-state index contributed by atoms with van der Waals surface area (Å²) in [4.78, 5) is 37.6. The number of hydrogen-bond donors (Lipinski definition) is 5. The van der Waals surface area contributed by atoms with E-state index in [0.717, 1.165) is 57.2 Å². The van der Waals surface area contributed by atoms with E-state index in [9.17, 15) is 26.3 Å². The number of aromatic nitrogens is 5. The van der Waals surface area contributed by atoms with Gasteiger partial charge < -0.3 is 25.5 Å². The van der Waals surface area contributed by atoms with Crippen LogP contribution in [0.4, 0.5) is 32.0 Å². The Kier molecular flexibility index (Phi) is 10.4. The molecule has 0 bridgehead atoms. The molecule has 0 saturated carbocycles. The average molecular weight is 625 g/mol. The van der Waals surface area contributed by atoms with Gasteiger partial charge in [-0.3, -0.25) is 0 Å². The van der Waals surface area contributed by atoms with Crippen LogP contribution in [0, 0.1) is 0 Å². The largest absolute Gasteiger partial charge is 0.490 e. The number of anilines is 1. The van der Waals surface area contributed by atoms with E-state index >= 15 is 0 Å². The molecule has 0 unspecified atom stereocenters. The third kappa shape index (κ3) is 9.91. The van der Waals surface area contributed by atoms with Gasteiger partial charge in [0.1, 0.15) is 17.2 Å². The number of aliphatic carboxylic acids is 2. The number of aromatic amines is 2. The Morgan fingerprint density at radius 3 is 2.00 bits per heavy atom. The molecule has 0 aliphatic rings. The molecular formula is C22H19BrF6N6O4. The minimum absolute atomic E-state index is 0.717. The fourth-order valence-electron chi connectivity index (χ4n) is 2.63. The smallest absolute Gasteiger partial charge is 0.475 e. The molecule has 0 radical (unpaired) electrons. The van der Waals surface area contributed by atoms with Crippen molar-refractivity contribution in [2.24, 2.45) is 0 Å². The van der Waals surface area contributed by atoms with Gasteiger partial charge in [-0.25, -0.2) is 24.5 Å². The molecule has 0 atom stereocenters. The first kappa shape index (κ1) is 31.1. The number of aryl methyl sites for hydroxylation is 1. The highest BCUT2D eigenvalue weighted by Crippen LogP contribution is 2.23. The number of carboxylic acid groups (broad SMARTS) is 2. The van der Waals surface area contributed by atoms with Gasteiger partial charge in [0.15, 0.2) is 5.65 Å². The molecule has 1 aromatic carbocycles. The van der Waals surface area contributed by atoms with Gasteiger partial charge in [-0.1, -0.05) is 6.92 Å². The second kappa shape index (κ2) is 13.1. The normalized spacial score (nSPS) is 11.2. The zero-order chi connectivity index (χ0) is 29.4. The van der Waals surface area contributed by atoms with Crippen LogP contribution in [0.5, 0.6) is 0 Å². The molecule has 4 aromatic rings. The number of H-pyrrole nitrogens is 2. The molecule has 0 fully saturated rings. The van der Waals surface area contributed by atoms with Crippen LogP contribution in [-0.4, -0.2) is 59.4 Å². The number of nitrogens with zero attached hydrogens (tertiary/aromatic N) is 3. The second-order valence-corrected chi connectivity index (χ2v) is 8.27. The topological polar surface area (TPSA) is 157 Å². The molecule has 4 rings (SSSR count). The van der Waals surface area contributed by atoms with Gasteiger partial charge in [-0.05, 0) is 46.3 Å². The first-order valence-corrected chi connectivity index (χ1v) is 11.4. The van der Waals surface area contributed by atoms with E-state index < -0.39 is 24.3 Å². The molecular weight excluding hydrogens is 606 g/mol. The van der Waals surface area contributed by atoms with Crippen molar-refractivity contribution in [3.63, 3.8) is 0 Å². The number of carboxylic acids is 2. The van der Waals surface area contributed by atoms with Crippen molar-refractivity contribution >= 4 is 44.7 Å². The zero-order valence-electron chi connectivity index (χ0n) is 19.7. The molecule has 0 aliphatic carbocycles. The van der Waals surface area contributed by atoms with Crippen LogP contribution >= 0.6 is 15.9 Å². The number of hydrogen-bond acceptors (Lipinski definition) is 6. The number of imidazole rings is 2. The van der Waals surface area contributed by atoms with E-state index in [0.29, 0.717) is 0 Å². The van der Waals surface area contributed by atoms with E-state index in [4.69, 9.17) is 19.8 Å². The summed E-state index contributed by atoms with van der Waals surface area (Å²) in [7, 11) is 0. The highest BCUT2D eigenvalue weighted by atomic mass is 79.9. The van der Waals surface area contributed by atoms with Gasteiger partial charge in [0.25, 0.3) is 0 Å². The quantitative estimate of drug-likeness (QED) is 0.181. The van der Waals surface area contributed by atoms with Gasteiger partial charge >= 0.3 is 24.3 Å². The van der Waals surface area contributed by atoms with Crippen LogP contribution in [0.2, 0.25) is 0 Å². The summed E-state index contributed by atoms with van der Waals surface area (Å²) < 4.78 is 64.4. The molecule has 17 heteroatoms. The SMILES string of the molecule is CCc1ncc(CNc2ccc(-c3nc4cc(Br)cnc4[nH]3)cc2)[nH]1.O=C(O)C(F)(F)F.O=C(O)C(F)(F)F. The molecule has 0 amide bonds. The van der Waals surface area contributed by atoms with Crippen molar-refractivity contribution in [3.05, 3.63) is 58.7 Å². The summed E-state index contributed by atoms with van der Waals surface area (Å²) in [6.45, 7) is 2.80. The summed E-state index contributed by atoms with van der Waals surface area (Å²) in [5, 5.41) is 17.6. The van der Waals surface area contributed by atoms with E-state index in [1.165, 1.54) is 0 Å². The lowest BCUT2D eigenvalue weighted by Gasteiger charge is -2.05. The fourth-order valence-corrected chi connectivity index (χ4v) is 2.95. The first-order chi connectivity index (χ1) is 18.1. The van der Waals surface area contributed by atoms with Crippen molar-refractivity contribution < 1.29 is 46.1 Å². The van der Waals surface area contributed by atoms with Crippen LogP contribution < -0.4 is 5.32 Å². The molecule has 10 nitrogen and oxygen atoms in total. The summed E-state index contributed by atoms with van der Waals surface area (Å²) in [6.07, 6.45) is -5.62. The number of nitrogens with one attached hydrogen (secondary N) is 3. The van der Waals surface area contributed by atoms with Crippen LogP contribution in [0.15, 0.2) is 47.2 Å². The van der Waals surface area contributed by atoms with E-state index in [-0.39, 0.29) is 0 Å². The van der Waals surface area contributed by atoms with E-state index in [1.807, 2.05) is 36.5 Å². The number of halogens is 7. The van der Waals surface area contributed by atoms with Crippen molar-refractivity contribution in [1.82, 2.24) is 24.9 Å². The number of rotatable bonds is 5. The average Bonchev–Trinajstić information content (AvgIpc) is 3.49. The van der Waals surface area contributed by atoms with Gasteiger partial charge in [-0.2, -0.15) is 26.3 Å². The maximum atomic E-state index is 10.6.